The number of rotatable bonds is 8. The smallest absolute Gasteiger partial charge is 0.249 e. The fourth-order valence-corrected chi connectivity index (χ4v) is 3.93. The van der Waals surface area contributed by atoms with Gasteiger partial charge in [0.05, 0.1) is 18.5 Å². The molecule has 2 amide bonds. The van der Waals surface area contributed by atoms with E-state index in [1.165, 1.54) is 25.4 Å². The molecule has 0 spiro atoms. The van der Waals surface area contributed by atoms with E-state index in [9.17, 15) is 14.0 Å². The highest BCUT2D eigenvalue weighted by Gasteiger charge is 2.15. The lowest BCUT2D eigenvalue weighted by atomic mass is 10.0. The molecule has 0 saturated heterocycles. The maximum absolute atomic E-state index is 14.9. The average molecular weight is 519 g/mol. The largest absolute Gasteiger partial charge is 0.454 e. The van der Waals surface area contributed by atoms with Gasteiger partial charge in [-0.15, -0.1) is 0 Å². The van der Waals surface area contributed by atoms with Crippen LogP contribution in [-0.2, 0) is 22.6 Å². The summed E-state index contributed by atoms with van der Waals surface area (Å²) in [4.78, 5) is 28.4. The highest BCUT2D eigenvalue weighted by molar-refractivity contribution is 7.80. The quantitative estimate of drug-likeness (QED) is 0.295. The van der Waals surface area contributed by atoms with E-state index in [2.05, 4.69) is 15.6 Å². The number of hydrogen-bond donors (Lipinski definition) is 3. The Morgan fingerprint density at radius 3 is 2.54 bits per heavy atom. The standard InChI is InChI=1S/C27H23FN4O4S/c1-35-15-17-12-22-20(14-19(17)26(29)34)23(9-10-30-22)36-24-8-7-18(13-21(24)28)31-27(37)32-25(33)11-16-5-3-2-4-6-16/h2-10,12-14H,11,15H2,1H3,(H2,29,34)(H2,31,32,33,37). The van der Waals surface area contributed by atoms with Crippen LogP contribution in [-0.4, -0.2) is 29.0 Å². The molecule has 0 radical (unpaired) electrons. The predicted molar refractivity (Wildman–Crippen MR) is 142 cm³/mol. The first-order valence-electron chi connectivity index (χ1n) is 11.2. The number of carbonyl (C=O) groups excluding carboxylic acids is 2. The van der Waals surface area contributed by atoms with Gasteiger partial charge < -0.3 is 25.8 Å². The topological polar surface area (TPSA) is 116 Å². The summed E-state index contributed by atoms with van der Waals surface area (Å²) in [5.41, 5.74) is 8.08. The number of amides is 2. The SMILES string of the molecule is COCc1cc2nccc(Oc3ccc(NC(=S)NC(=O)Cc4ccccc4)cc3F)c2cc1C(N)=O. The molecule has 1 aromatic heterocycles. The van der Waals surface area contributed by atoms with E-state index >= 15 is 0 Å². The van der Waals surface area contributed by atoms with Crippen molar-refractivity contribution in [2.75, 3.05) is 12.4 Å². The number of nitrogens with one attached hydrogen (secondary N) is 2. The van der Waals surface area contributed by atoms with Gasteiger partial charge >= 0.3 is 0 Å². The molecule has 3 aromatic carbocycles. The number of methoxy groups -OCH3 is 1. The van der Waals surface area contributed by atoms with Crippen LogP contribution in [0.25, 0.3) is 10.9 Å². The molecule has 10 heteroatoms. The molecule has 0 atom stereocenters. The molecule has 188 valence electrons. The first kappa shape index (κ1) is 25.7. The summed E-state index contributed by atoms with van der Waals surface area (Å²) >= 11 is 5.17. The van der Waals surface area contributed by atoms with Gasteiger partial charge in [0, 0.05) is 36.0 Å². The average Bonchev–Trinajstić information content (AvgIpc) is 2.86. The van der Waals surface area contributed by atoms with Crippen molar-refractivity contribution in [3.05, 3.63) is 95.4 Å². The third-order valence-electron chi connectivity index (χ3n) is 5.36. The van der Waals surface area contributed by atoms with Gasteiger partial charge in [-0.25, -0.2) is 4.39 Å². The summed E-state index contributed by atoms with van der Waals surface area (Å²) in [7, 11) is 1.51. The fourth-order valence-electron chi connectivity index (χ4n) is 3.70. The molecule has 8 nitrogen and oxygen atoms in total. The normalized spacial score (nSPS) is 10.6. The number of hydrogen-bond acceptors (Lipinski definition) is 6. The Hall–Kier alpha value is -4.41. The van der Waals surface area contributed by atoms with Crippen LogP contribution in [0.15, 0.2) is 72.9 Å². The Morgan fingerprint density at radius 1 is 1.05 bits per heavy atom. The maximum Gasteiger partial charge on any atom is 0.249 e. The lowest BCUT2D eigenvalue weighted by Gasteiger charge is -2.14. The Balaban J connectivity index is 1.48. The fraction of sp³-hybridized carbons (Fsp3) is 0.111. The number of benzene rings is 3. The number of nitrogens with zero attached hydrogens (tertiary/aromatic N) is 1. The van der Waals surface area contributed by atoms with E-state index in [4.69, 9.17) is 27.4 Å². The lowest BCUT2D eigenvalue weighted by Crippen LogP contribution is -2.35. The zero-order valence-electron chi connectivity index (χ0n) is 19.8. The van der Waals surface area contributed by atoms with E-state index in [1.54, 1.807) is 24.3 Å². The van der Waals surface area contributed by atoms with Gasteiger partial charge in [-0.1, -0.05) is 30.3 Å². The zero-order valence-corrected chi connectivity index (χ0v) is 20.6. The molecule has 37 heavy (non-hydrogen) atoms. The number of ether oxygens (including phenoxy) is 2. The maximum atomic E-state index is 14.9. The van der Waals surface area contributed by atoms with Crippen molar-refractivity contribution in [1.82, 2.24) is 10.3 Å². The van der Waals surface area contributed by atoms with E-state index in [1.807, 2.05) is 30.3 Å². The summed E-state index contributed by atoms with van der Waals surface area (Å²) < 4.78 is 25.9. The number of anilines is 1. The molecular weight excluding hydrogens is 495 g/mol. The molecule has 0 aliphatic carbocycles. The molecule has 0 aliphatic heterocycles. The van der Waals surface area contributed by atoms with Crippen LogP contribution < -0.4 is 21.1 Å². The molecule has 0 fully saturated rings. The number of nitrogens with two attached hydrogens (primary N) is 1. The summed E-state index contributed by atoms with van der Waals surface area (Å²) in [6, 6.07) is 18.2. The second kappa shape index (κ2) is 11.5. The first-order chi connectivity index (χ1) is 17.8. The number of thiocarbonyl (C=S) groups is 1. The van der Waals surface area contributed by atoms with Crippen molar-refractivity contribution >= 4 is 45.7 Å². The third kappa shape index (κ3) is 6.43. The monoisotopic (exact) mass is 518 g/mol. The summed E-state index contributed by atoms with van der Waals surface area (Å²) in [5, 5.41) is 5.89. The van der Waals surface area contributed by atoms with Gasteiger partial charge in [-0.3, -0.25) is 14.6 Å². The van der Waals surface area contributed by atoms with Crippen molar-refractivity contribution in [3.8, 4) is 11.5 Å². The van der Waals surface area contributed by atoms with Crippen LogP contribution in [0.3, 0.4) is 0 Å². The molecule has 1 heterocycles. The summed E-state index contributed by atoms with van der Waals surface area (Å²) in [6.07, 6.45) is 1.68. The molecule has 4 aromatic rings. The molecule has 0 saturated carbocycles. The van der Waals surface area contributed by atoms with Crippen LogP contribution >= 0.6 is 12.2 Å². The Bertz CT molecular complexity index is 1480. The van der Waals surface area contributed by atoms with Gasteiger partial charge in [0.1, 0.15) is 5.75 Å². The predicted octanol–water partition coefficient (Wildman–Crippen LogP) is 4.47. The second-order valence-electron chi connectivity index (χ2n) is 8.04. The van der Waals surface area contributed by atoms with Crippen LogP contribution in [0, 0.1) is 5.82 Å². The van der Waals surface area contributed by atoms with E-state index in [-0.39, 0.29) is 35.4 Å². The third-order valence-corrected chi connectivity index (χ3v) is 5.57. The van der Waals surface area contributed by atoms with Crippen LogP contribution in [0.1, 0.15) is 21.5 Å². The van der Waals surface area contributed by atoms with Crippen LogP contribution in [0.2, 0.25) is 0 Å². The van der Waals surface area contributed by atoms with E-state index in [0.29, 0.717) is 27.9 Å². The Labute approximate surface area is 217 Å². The molecule has 4 rings (SSSR count). The molecule has 0 aliphatic rings. The van der Waals surface area contributed by atoms with Gasteiger partial charge in [-0.05, 0) is 53.7 Å². The number of primary amides is 1. The first-order valence-corrected chi connectivity index (χ1v) is 11.6. The van der Waals surface area contributed by atoms with Crippen LogP contribution in [0.4, 0.5) is 10.1 Å². The van der Waals surface area contributed by atoms with E-state index < -0.39 is 11.7 Å². The minimum atomic E-state index is -0.667. The Morgan fingerprint density at radius 2 is 1.84 bits per heavy atom. The number of pyridine rings is 1. The van der Waals surface area contributed by atoms with Crippen molar-refractivity contribution in [3.63, 3.8) is 0 Å². The number of aromatic nitrogens is 1. The summed E-state index contributed by atoms with van der Waals surface area (Å²) in [6.45, 7) is 0.179. The van der Waals surface area contributed by atoms with Crippen molar-refractivity contribution < 1.29 is 23.5 Å². The molecule has 4 N–H and O–H groups in total. The van der Waals surface area contributed by atoms with Gasteiger partial charge in [-0.2, -0.15) is 0 Å². The van der Waals surface area contributed by atoms with Crippen molar-refractivity contribution in [2.24, 2.45) is 5.73 Å². The molecule has 0 unspecified atom stereocenters. The second-order valence-corrected chi connectivity index (χ2v) is 8.45. The van der Waals surface area contributed by atoms with Gasteiger partial charge in [0.2, 0.25) is 11.8 Å². The molecule has 0 bridgehead atoms. The van der Waals surface area contributed by atoms with Gasteiger partial charge in [0.25, 0.3) is 0 Å². The highest BCUT2D eigenvalue weighted by atomic mass is 32.1. The van der Waals surface area contributed by atoms with E-state index in [0.717, 1.165) is 5.56 Å². The molecular formula is C27H23FN4O4S. The minimum absolute atomic E-state index is 0.0416. The minimum Gasteiger partial charge on any atom is -0.454 e. The van der Waals surface area contributed by atoms with Gasteiger partial charge in [0.15, 0.2) is 16.7 Å². The number of halogens is 1. The Kier molecular flexibility index (Phi) is 8.02. The number of fused-ring (bicyclic) bond motifs is 1. The van der Waals surface area contributed by atoms with Crippen LogP contribution in [0.5, 0.6) is 11.5 Å². The van der Waals surface area contributed by atoms with Crippen molar-refractivity contribution in [2.45, 2.75) is 13.0 Å². The summed E-state index contributed by atoms with van der Waals surface area (Å²) in [5.74, 6) is -1.35. The number of carbonyl (C=O) groups is 2. The lowest BCUT2D eigenvalue weighted by molar-refractivity contribution is -0.119. The zero-order chi connectivity index (χ0) is 26.4. The van der Waals surface area contributed by atoms with Crippen molar-refractivity contribution in [1.29, 1.82) is 0 Å². The highest BCUT2D eigenvalue weighted by Crippen LogP contribution is 2.33.